The number of imide groups is 1. The van der Waals surface area contributed by atoms with Crippen molar-refractivity contribution in [2.75, 3.05) is 71.3 Å². The van der Waals surface area contributed by atoms with E-state index in [9.17, 15) is 33.6 Å². The maximum Gasteiger partial charge on any atom is 0.407 e. The molecule has 26 heteroatoms. The highest BCUT2D eigenvalue weighted by molar-refractivity contribution is 6.12. The number of fused-ring (bicyclic) bond motifs is 1. The van der Waals surface area contributed by atoms with Gasteiger partial charge >= 0.3 is 12.1 Å². The largest absolute Gasteiger partial charge is 0.445 e. The first kappa shape index (κ1) is 66.2. The van der Waals surface area contributed by atoms with Gasteiger partial charge in [0, 0.05) is 61.3 Å². The number of imidazole rings is 1. The number of aromatic nitrogens is 6. The number of urea groups is 1. The minimum Gasteiger partial charge on any atom is -0.445 e. The second kappa shape index (κ2) is 34.1. The quantitative estimate of drug-likeness (QED) is 0.0183. The van der Waals surface area contributed by atoms with E-state index in [4.69, 9.17) is 39.4 Å². The fourth-order valence-corrected chi connectivity index (χ4v) is 9.51. The van der Waals surface area contributed by atoms with Crippen molar-refractivity contribution in [3.05, 3.63) is 156 Å². The number of hydrogen-bond donors (Lipinski definition) is 8. The fourth-order valence-electron chi connectivity index (χ4n) is 9.51. The summed E-state index contributed by atoms with van der Waals surface area (Å²) in [5.74, 6) is -1.86. The van der Waals surface area contributed by atoms with E-state index < -0.39 is 41.9 Å². The Kier molecular flexibility index (Phi) is 25.1. The lowest BCUT2D eigenvalue weighted by atomic mass is 9.98. The first-order valence-corrected chi connectivity index (χ1v) is 29.7. The summed E-state index contributed by atoms with van der Waals surface area (Å²) >= 11 is 0. The van der Waals surface area contributed by atoms with E-state index in [-0.39, 0.29) is 89.8 Å². The van der Waals surface area contributed by atoms with Gasteiger partial charge in [0.15, 0.2) is 5.65 Å². The minimum atomic E-state index is -1.06. The molecule has 0 bridgehead atoms. The van der Waals surface area contributed by atoms with Gasteiger partial charge < -0.3 is 66.3 Å². The van der Waals surface area contributed by atoms with Crippen molar-refractivity contribution < 1.29 is 57.2 Å². The van der Waals surface area contributed by atoms with Gasteiger partial charge in [-0.25, -0.2) is 24.1 Å². The number of pyridine rings is 2. The Labute approximate surface area is 520 Å². The number of aryl methyl sites for hydroxylation is 1. The Hall–Kier alpha value is -9.73. The van der Waals surface area contributed by atoms with Crippen molar-refractivity contribution in [1.82, 2.24) is 61.0 Å². The Morgan fingerprint density at radius 3 is 2.16 bits per heavy atom. The van der Waals surface area contributed by atoms with Crippen LogP contribution in [0.15, 0.2) is 128 Å². The van der Waals surface area contributed by atoms with Crippen molar-refractivity contribution in [2.45, 2.75) is 78.4 Å². The number of carbonyl (C=O) groups is 7. The molecule has 26 nitrogen and oxygen atoms in total. The molecule has 9 N–H and O–H groups in total. The molecule has 0 radical (unpaired) electrons. The standard InChI is InChI=1S/C64H76N14O12/c1-42(2)58(76-55(79)24-27-86-29-31-88-33-34-89-32-30-87-28-26-77-56(80)22-23-57(77)81)62(83)73-52(15-8-25-67-63(65)84)61(82)72-49-19-16-44(17-20-49)40-90-64(85)68-36-45-10-7-12-46(35-45)50-13-5-4-11-47(50)37-66-38-53-74-59(48-18-21-54-69-41-70-78(54)39-48)60(75-53)51-14-6-9-43(3)71-51/h4-7,9-14,16-23,35,39,41-42,52,58,66H,8,15,24-34,36-38,40H2,1-3H3,(H,68,85)(H,72,82)(H,73,83)(H,74,75)(H,76,79)(H3,65,67,84). The molecule has 474 valence electrons. The van der Waals surface area contributed by atoms with E-state index in [1.807, 2.05) is 79.9 Å². The smallest absolute Gasteiger partial charge is 0.407 e. The van der Waals surface area contributed by atoms with Crippen LogP contribution in [0.25, 0.3) is 39.4 Å². The minimum absolute atomic E-state index is 0.0337. The molecule has 8 amide bonds. The van der Waals surface area contributed by atoms with Crippen LogP contribution in [-0.4, -0.2) is 154 Å². The molecular formula is C64H76N14O12. The highest BCUT2D eigenvalue weighted by Gasteiger charge is 2.29. The van der Waals surface area contributed by atoms with E-state index in [0.29, 0.717) is 50.6 Å². The lowest BCUT2D eigenvalue weighted by Crippen LogP contribution is -2.54. The van der Waals surface area contributed by atoms with Gasteiger partial charge in [0.1, 0.15) is 30.8 Å². The predicted octanol–water partition coefficient (Wildman–Crippen LogP) is 5.27. The Bertz CT molecular complexity index is 3570. The van der Waals surface area contributed by atoms with E-state index in [1.54, 1.807) is 42.6 Å². The molecule has 7 aromatic rings. The van der Waals surface area contributed by atoms with Gasteiger partial charge in [0.2, 0.25) is 17.7 Å². The SMILES string of the molecule is Cc1cccc(-c2[nH]c(CNCc3ccccc3-c3cccc(CNC(=O)OCc4ccc(NC(=O)C(CCCNC(N)=O)NC(=O)C(NC(=O)CCOCCOCCOCCOCCN5C(=O)C=CC5=O)C(C)C)cc4)c3)nc2-c2ccc3ncnn3c2)n1. The molecule has 0 fully saturated rings. The monoisotopic (exact) mass is 1230 g/mol. The van der Waals surface area contributed by atoms with Crippen LogP contribution in [0.5, 0.6) is 0 Å². The van der Waals surface area contributed by atoms with E-state index in [1.165, 1.54) is 18.5 Å². The third kappa shape index (κ3) is 20.4. The van der Waals surface area contributed by atoms with E-state index in [2.05, 4.69) is 59.1 Å². The van der Waals surface area contributed by atoms with Crippen LogP contribution in [0.3, 0.4) is 0 Å². The number of anilines is 1. The zero-order valence-corrected chi connectivity index (χ0v) is 50.5. The number of benzene rings is 3. The number of amides is 8. The number of carbonyl (C=O) groups excluding carboxylic acids is 7. The molecule has 0 aliphatic carbocycles. The fraction of sp³-hybridized carbons (Fsp3) is 0.359. The summed E-state index contributed by atoms with van der Waals surface area (Å²) in [6.07, 6.45) is 5.64. The van der Waals surface area contributed by atoms with Crippen LogP contribution in [0.1, 0.15) is 61.3 Å². The summed E-state index contributed by atoms with van der Waals surface area (Å²) < 4.78 is 29.2. The highest BCUT2D eigenvalue weighted by Crippen LogP contribution is 2.30. The Morgan fingerprint density at radius 1 is 0.700 bits per heavy atom. The number of rotatable bonds is 36. The molecule has 0 spiro atoms. The van der Waals surface area contributed by atoms with Gasteiger partial charge in [-0.3, -0.25) is 33.9 Å². The van der Waals surface area contributed by atoms with Gasteiger partial charge in [-0.2, -0.15) is 5.10 Å². The zero-order valence-electron chi connectivity index (χ0n) is 50.5. The van der Waals surface area contributed by atoms with Crippen molar-refractivity contribution in [2.24, 2.45) is 11.7 Å². The molecule has 5 heterocycles. The number of ether oxygens (including phenoxy) is 5. The molecule has 0 saturated carbocycles. The molecule has 2 atom stereocenters. The maximum atomic E-state index is 13.7. The molecule has 2 unspecified atom stereocenters. The van der Waals surface area contributed by atoms with Gasteiger partial charge in [-0.05, 0) is 96.0 Å². The average molecular weight is 1230 g/mol. The van der Waals surface area contributed by atoms with E-state index >= 15 is 0 Å². The molecule has 90 heavy (non-hydrogen) atoms. The van der Waals surface area contributed by atoms with Crippen LogP contribution in [-0.2, 0) is 73.9 Å². The molecule has 1 aliphatic heterocycles. The number of nitrogens with zero attached hydrogens (tertiary/aromatic N) is 6. The van der Waals surface area contributed by atoms with Crippen LogP contribution in [0, 0.1) is 12.8 Å². The summed E-state index contributed by atoms with van der Waals surface area (Å²) in [5.41, 5.74) is 15.1. The number of hydrogen-bond acceptors (Lipinski definition) is 17. The highest BCUT2D eigenvalue weighted by atomic mass is 16.6. The Morgan fingerprint density at radius 2 is 1.42 bits per heavy atom. The van der Waals surface area contributed by atoms with Crippen LogP contribution >= 0.6 is 0 Å². The first-order valence-electron chi connectivity index (χ1n) is 29.7. The number of aromatic amines is 1. The molecule has 8 rings (SSSR count). The number of nitrogens with one attached hydrogen (secondary N) is 7. The number of nitrogens with two attached hydrogens (primary N) is 1. The van der Waals surface area contributed by atoms with E-state index in [0.717, 1.165) is 67.0 Å². The molecule has 0 saturated heterocycles. The summed E-state index contributed by atoms with van der Waals surface area (Å²) in [6, 6.07) is 29.7. The second-order valence-corrected chi connectivity index (χ2v) is 21.3. The topological polar surface area (TPSA) is 339 Å². The van der Waals surface area contributed by atoms with Crippen LogP contribution in [0.2, 0.25) is 0 Å². The second-order valence-electron chi connectivity index (χ2n) is 21.3. The number of H-pyrrole nitrogens is 1. The predicted molar refractivity (Wildman–Crippen MR) is 332 cm³/mol. The van der Waals surface area contributed by atoms with Crippen molar-refractivity contribution in [1.29, 1.82) is 0 Å². The summed E-state index contributed by atoms with van der Waals surface area (Å²) in [5, 5.41) is 21.6. The summed E-state index contributed by atoms with van der Waals surface area (Å²) in [4.78, 5) is 107. The third-order valence-corrected chi connectivity index (χ3v) is 14.2. The molecule has 4 aromatic heterocycles. The van der Waals surface area contributed by atoms with Gasteiger partial charge in [0.05, 0.1) is 83.0 Å². The van der Waals surface area contributed by atoms with Gasteiger partial charge in [-0.1, -0.05) is 74.5 Å². The van der Waals surface area contributed by atoms with Crippen molar-refractivity contribution in [3.8, 4) is 33.8 Å². The summed E-state index contributed by atoms with van der Waals surface area (Å²) in [7, 11) is 0. The van der Waals surface area contributed by atoms with Crippen molar-refractivity contribution >= 4 is 53.0 Å². The third-order valence-electron chi connectivity index (χ3n) is 14.2. The summed E-state index contributed by atoms with van der Waals surface area (Å²) in [6.45, 7) is 8.94. The lowest BCUT2D eigenvalue weighted by Gasteiger charge is -2.25. The lowest BCUT2D eigenvalue weighted by molar-refractivity contribution is -0.137. The Balaban J connectivity index is 0.744. The van der Waals surface area contributed by atoms with Crippen molar-refractivity contribution in [3.63, 3.8) is 0 Å². The molecule has 1 aliphatic rings. The van der Waals surface area contributed by atoms with Gasteiger partial charge in [0.25, 0.3) is 11.8 Å². The number of alkyl carbamates (subject to hydrolysis) is 1. The number of primary amides is 1. The van der Waals surface area contributed by atoms with Crippen LogP contribution < -0.4 is 37.6 Å². The average Bonchev–Trinajstić information content (AvgIpc) is 1.68. The van der Waals surface area contributed by atoms with Crippen LogP contribution in [0.4, 0.5) is 15.3 Å². The zero-order chi connectivity index (χ0) is 63.6. The molecule has 3 aromatic carbocycles. The maximum absolute atomic E-state index is 13.7. The normalized spacial score (nSPS) is 12.7. The first-order chi connectivity index (χ1) is 43.7. The molecular weight excluding hydrogens is 1160 g/mol. The van der Waals surface area contributed by atoms with Gasteiger partial charge in [-0.15, -0.1) is 0 Å².